The molecular weight excluding hydrogens is 214 g/mol. The Morgan fingerprint density at radius 3 is 2.71 bits per heavy atom. The molecule has 0 aliphatic rings. The first-order valence-corrected chi connectivity index (χ1v) is 5.38. The molecule has 0 spiro atoms. The highest BCUT2D eigenvalue weighted by atomic mass is 16.5. The predicted octanol–water partition coefficient (Wildman–Crippen LogP) is 2.78. The average molecular weight is 227 g/mol. The second-order valence-electron chi connectivity index (χ2n) is 3.75. The first kappa shape index (κ1) is 11.3. The number of benzene rings is 1. The fourth-order valence-corrected chi connectivity index (χ4v) is 1.48. The van der Waals surface area contributed by atoms with E-state index in [1.54, 1.807) is 18.3 Å². The molecule has 3 heteroatoms. The number of ether oxygens (including phenoxy) is 1. The van der Waals surface area contributed by atoms with Crippen LogP contribution in [-0.2, 0) is 6.61 Å². The molecule has 1 heterocycles. The Bertz CT molecular complexity index is 506. The first-order chi connectivity index (χ1) is 8.29. The van der Waals surface area contributed by atoms with E-state index >= 15 is 0 Å². The zero-order valence-electron chi connectivity index (χ0n) is 9.59. The van der Waals surface area contributed by atoms with Crippen molar-refractivity contribution in [1.82, 2.24) is 4.98 Å². The number of carbonyl (C=O) groups excluding carboxylic acids is 1. The Morgan fingerprint density at radius 2 is 2.06 bits per heavy atom. The summed E-state index contributed by atoms with van der Waals surface area (Å²) in [6.07, 6.45) is 2.27. The number of hydrogen-bond donors (Lipinski definition) is 0. The van der Waals surface area contributed by atoms with Gasteiger partial charge in [0.15, 0.2) is 6.29 Å². The minimum absolute atomic E-state index is 0.410. The Balaban J connectivity index is 2.02. The van der Waals surface area contributed by atoms with Crippen LogP contribution in [0.4, 0.5) is 0 Å². The highest BCUT2D eigenvalue weighted by Crippen LogP contribution is 2.13. The van der Waals surface area contributed by atoms with Gasteiger partial charge in [-0.05, 0) is 30.2 Å². The van der Waals surface area contributed by atoms with Crippen LogP contribution in [0.25, 0.3) is 0 Å². The van der Waals surface area contributed by atoms with Gasteiger partial charge in [0.2, 0.25) is 0 Å². The molecule has 2 aromatic rings. The minimum atomic E-state index is 0.410. The third-order valence-electron chi connectivity index (χ3n) is 2.54. The highest BCUT2D eigenvalue weighted by molar-refractivity contribution is 5.71. The number of hydrogen-bond acceptors (Lipinski definition) is 3. The summed E-state index contributed by atoms with van der Waals surface area (Å²) >= 11 is 0. The molecule has 86 valence electrons. The fourth-order valence-electron chi connectivity index (χ4n) is 1.48. The SMILES string of the molecule is Cc1ccccc1COc1ccc(C=O)nc1. The first-order valence-electron chi connectivity index (χ1n) is 5.38. The van der Waals surface area contributed by atoms with Crippen LogP contribution < -0.4 is 4.74 Å². The molecule has 0 saturated heterocycles. The summed E-state index contributed by atoms with van der Waals surface area (Å²) < 4.78 is 5.59. The Kier molecular flexibility index (Phi) is 3.50. The molecule has 17 heavy (non-hydrogen) atoms. The fraction of sp³-hybridized carbons (Fsp3) is 0.143. The smallest absolute Gasteiger partial charge is 0.168 e. The zero-order valence-corrected chi connectivity index (χ0v) is 9.59. The maximum atomic E-state index is 10.4. The number of aromatic nitrogens is 1. The van der Waals surface area contributed by atoms with Gasteiger partial charge in [-0.2, -0.15) is 0 Å². The largest absolute Gasteiger partial charge is 0.487 e. The van der Waals surface area contributed by atoms with Gasteiger partial charge in [-0.25, -0.2) is 4.98 Å². The van der Waals surface area contributed by atoms with E-state index in [9.17, 15) is 4.79 Å². The maximum absolute atomic E-state index is 10.4. The van der Waals surface area contributed by atoms with E-state index in [1.165, 1.54) is 5.56 Å². The summed E-state index contributed by atoms with van der Waals surface area (Å²) in [5.41, 5.74) is 2.75. The number of pyridine rings is 1. The maximum Gasteiger partial charge on any atom is 0.168 e. The van der Waals surface area contributed by atoms with Gasteiger partial charge in [0.1, 0.15) is 18.1 Å². The van der Waals surface area contributed by atoms with Crippen LogP contribution in [-0.4, -0.2) is 11.3 Å². The molecule has 2 rings (SSSR count). The van der Waals surface area contributed by atoms with E-state index in [4.69, 9.17) is 4.74 Å². The van der Waals surface area contributed by atoms with Crippen molar-refractivity contribution in [3.05, 3.63) is 59.4 Å². The van der Waals surface area contributed by atoms with Crippen molar-refractivity contribution < 1.29 is 9.53 Å². The lowest BCUT2D eigenvalue weighted by Gasteiger charge is -2.08. The Labute approximate surface area is 100 Å². The monoisotopic (exact) mass is 227 g/mol. The molecule has 0 amide bonds. The van der Waals surface area contributed by atoms with Crippen LogP contribution in [0, 0.1) is 6.92 Å². The second-order valence-corrected chi connectivity index (χ2v) is 3.75. The van der Waals surface area contributed by atoms with Crippen molar-refractivity contribution in [3.8, 4) is 5.75 Å². The van der Waals surface area contributed by atoms with Crippen molar-refractivity contribution in [1.29, 1.82) is 0 Å². The Hall–Kier alpha value is -2.16. The summed E-state index contributed by atoms with van der Waals surface area (Å²) in [6, 6.07) is 11.4. The number of aldehydes is 1. The average Bonchev–Trinajstić information content (AvgIpc) is 2.38. The highest BCUT2D eigenvalue weighted by Gasteiger charge is 1.99. The number of rotatable bonds is 4. The molecule has 0 fully saturated rings. The van der Waals surface area contributed by atoms with Crippen LogP contribution in [0.3, 0.4) is 0 Å². The third-order valence-corrected chi connectivity index (χ3v) is 2.54. The summed E-state index contributed by atoms with van der Waals surface area (Å²) in [5, 5.41) is 0. The molecule has 1 aromatic heterocycles. The normalized spacial score (nSPS) is 9.94. The molecule has 3 nitrogen and oxygen atoms in total. The van der Waals surface area contributed by atoms with Crippen LogP contribution in [0.2, 0.25) is 0 Å². The van der Waals surface area contributed by atoms with Crippen LogP contribution in [0.5, 0.6) is 5.75 Å². The lowest BCUT2D eigenvalue weighted by molar-refractivity contribution is 0.111. The quantitative estimate of drug-likeness (QED) is 0.754. The van der Waals surface area contributed by atoms with Gasteiger partial charge in [0.05, 0.1) is 6.20 Å². The van der Waals surface area contributed by atoms with Crippen LogP contribution in [0.15, 0.2) is 42.6 Å². The molecule has 0 aliphatic heterocycles. The van der Waals surface area contributed by atoms with E-state index in [0.717, 1.165) is 5.56 Å². The zero-order chi connectivity index (χ0) is 12.1. The summed E-state index contributed by atoms with van der Waals surface area (Å²) in [7, 11) is 0. The molecule has 0 N–H and O–H groups in total. The molecule has 0 aliphatic carbocycles. The summed E-state index contributed by atoms with van der Waals surface area (Å²) in [5.74, 6) is 0.666. The van der Waals surface area contributed by atoms with E-state index < -0.39 is 0 Å². The predicted molar refractivity (Wildman–Crippen MR) is 65.1 cm³/mol. The molecule has 0 saturated carbocycles. The van der Waals surface area contributed by atoms with Crippen molar-refractivity contribution in [2.45, 2.75) is 13.5 Å². The molecule has 0 unspecified atom stereocenters. The van der Waals surface area contributed by atoms with Crippen molar-refractivity contribution in [2.24, 2.45) is 0 Å². The van der Waals surface area contributed by atoms with E-state index in [-0.39, 0.29) is 0 Å². The van der Waals surface area contributed by atoms with Crippen LogP contribution >= 0.6 is 0 Å². The second kappa shape index (κ2) is 5.25. The topological polar surface area (TPSA) is 39.2 Å². The lowest BCUT2D eigenvalue weighted by atomic mass is 10.1. The molecule has 0 radical (unpaired) electrons. The molecule has 1 aromatic carbocycles. The van der Waals surface area contributed by atoms with Crippen molar-refractivity contribution >= 4 is 6.29 Å². The van der Waals surface area contributed by atoms with E-state index in [0.29, 0.717) is 24.3 Å². The van der Waals surface area contributed by atoms with Crippen LogP contribution in [0.1, 0.15) is 21.6 Å². The van der Waals surface area contributed by atoms with E-state index in [2.05, 4.69) is 4.98 Å². The lowest BCUT2D eigenvalue weighted by Crippen LogP contribution is -1.98. The molecular formula is C14H13NO2. The van der Waals surface area contributed by atoms with Gasteiger partial charge in [0, 0.05) is 0 Å². The van der Waals surface area contributed by atoms with Gasteiger partial charge >= 0.3 is 0 Å². The van der Waals surface area contributed by atoms with Gasteiger partial charge in [-0.15, -0.1) is 0 Å². The number of aryl methyl sites for hydroxylation is 1. The molecule has 0 atom stereocenters. The Morgan fingerprint density at radius 1 is 1.24 bits per heavy atom. The number of nitrogens with zero attached hydrogens (tertiary/aromatic N) is 1. The molecule has 0 bridgehead atoms. The van der Waals surface area contributed by atoms with Gasteiger partial charge in [-0.3, -0.25) is 4.79 Å². The number of carbonyl (C=O) groups is 1. The minimum Gasteiger partial charge on any atom is -0.487 e. The summed E-state index contributed by atoms with van der Waals surface area (Å²) in [6.45, 7) is 2.56. The summed E-state index contributed by atoms with van der Waals surface area (Å²) in [4.78, 5) is 14.4. The van der Waals surface area contributed by atoms with Gasteiger partial charge in [0.25, 0.3) is 0 Å². The van der Waals surface area contributed by atoms with Gasteiger partial charge in [-0.1, -0.05) is 24.3 Å². The van der Waals surface area contributed by atoms with Gasteiger partial charge < -0.3 is 4.74 Å². The van der Waals surface area contributed by atoms with E-state index in [1.807, 2.05) is 31.2 Å². The third kappa shape index (κ3) is 2.91. The van der Waals surface area contributed by atoms with Crippen molar-refractivity contribution in [3.63, 3.8) is 0 Å². The standard InChI is InChI=1S/C14H13NO2/c1-11-4-2-3-5-12(11)10-17-14-7-6-13(9-16)15-8-14/h2-9H,10H2,1H3. The van der Waals surface area contributed by atoms with Crippen molar-refractivity contribution in [2.75, 3.05) is 0 Å².